The Hall–Kier alpha value is -4.98. The maximum Gasteiger partial charge on any atom is 0.255 e. The van der Waals surface area contributed by atoms with E-state index in [1.54, 1.807) is 29.3 Å². The fraction of sp³-hybridized carbons (Fsp3) is 0.0370. The van der Waals surface area contributed by atoms with Crippen molar-refractivity contribution in [3.05, 3.63) is 115 Å². The van der Waals surface area contributed by atoms with E-state index in [-0.39, 0.29) is 5.91 Å². The minimum atomic E-state index is -0.185. The van der Waals surface area contributed by atoms with Crippen LogP contribution < -0.4 is 5.32 Å². The smallest absolute Gasteiger partial charge is 0.255 e. The van der Waals surface area contributed by atoms with E-state index in [1.807, 2.05) is 90.7 Å². The quantitative estimate of drug-likeness (QED) is 0.396. The minimum Gasteiger partial charge on any atom is -0.322 e. The van der Waals surface area contributed by atoms with Crippen molar-refractivity contribution in [3.63, 3.8) is 0 Å². The van der Waals surface area contributed by atoms with Crippen molar-refractivity contribution < 1.29 is 4.79 Å². The molecule has 0 fully saturated rings. The summed E-state index contributed by atoms with van der Waals surface area (Å²) in [6.07, 6.45) is 11.0. The Balaban J connectivity index is 1.31. The van der Waals surface area contributed by atoms with Gasteiger partial charge < -0.3 is 5.32 Å². The number of benzene rings is 2. The number of aryl methyl sites for hydroxylation is 1. The predicted molar refractivity (Wildman–Crippen MR) is 134 cm³/mol. The molecule has 0 aliphatic heterocycles. The molecule has 0 atom stereocenters. The third-order valence-electron chi connectivity index (χ3n) is 5.88. The number of carbonyl (C=O) groups excluding carboxylic acids is 1. The van der Waals surface area contributed by atoms with Crippen molar-refractivity contribution in [1.82, 2.24) is 28.9 Å². The van der Waals surface area contributed by atoms with Crippen LogP contribution in [0.5, 0.6) is 0 Å². The molecular weight excluding hydrogens is 438 g/mol. The molecule has 35 heavy (non-hydrogen) atoms. The van der Waals surface area contributed by atoms with E-state index in [4.69, 9.17) is 0 Å². The molecule has 8 nitrogen and oxygen atoms in total. The van der Waals surface area contributed by atoms with Crippen LogP contribution in [0.3, 0.4) is 0 Å². The molecule has 0 radical (unpaired) electrons. The molecule has 1 amide bonds. The molecule has 4 aromatic heterocycles. The number of carbonyl (C=O) groups is 1. The maximum absolute atomic E-state index is 13.0. The average molecular weight is 460 g/mol. The predicted octanol–water partition coefficient (Wildman–Crippen LogP) is 4.93. The van der Waals surface area contributed by atoms with Gasteiger partial charge in [0.2, 0.25) is 0 Å². The molecule has 0 aliphatic rings. The number of hydrogen-bond donors (Lipinski definition) is 1. The maximum atomic E-state index is 13.0. The van der Waals surface area contributed by atoms with Crippen LogP contribution in [-0.2, 0) is 0 Å². The zero-order chi connectivity index (χ0) is 23.8. The Morgan fingerprint density at radius 3 is 2.69 bits per heavy atom. The molecule has 1 N–H and O–H groups in total. The fourth-order valence-electron chi connectivity index (χ4n) is 4.10. The molecule has 6 rings (SSSR count). The normalized spacial score (nSPS) is 11.1. The largest absolute Gasteiger partial charge is 0.322 e. The highest BCUT2D eigenvalue weighted by molar-refractivity contribution is 6.04. The first-order chi connectivity index (χ1) is 17.2. The second-order valence-corrected chi connectivity index (χ2v) is 8.20. The van der Waals surface area contributed by atoms with E-state index in [0.29, 0.717) is 11.3 Å². The van der Waals surface area contributed by atoms with Gasteiger partial charge in [0.25, 0.3) is 5.91 Å². The molecule has 0 saturated carbocycles. The van der Waals surface area contributed by atoms with Crippen LogP contribution in [0.1, 0.15) is 15.9 Å². The van der Waals surface area contributed by atoms with Crippen molar-refractivity contribution in [3.8, 4) is 22.6 Å². The number of pyridine rings is 1. The number of nitrogens with one attached hydrogen (secondary N) is 1. The van der Waals surface area contributed by atoms with Gasteiger partial charge in [0, 0.05) is 60.1 Å². The lowest BCUT2D eigenvalue weighted by Crippen LogP contribution is -2.13. The van der Waals surface area contributed by atoms with E-state index in [1.165, 1.54) is 0 Å². The molecule has 6 aromatic rings. The van der Waals surface area contributed by atoms with Gasteiger partial charge in [0.15, 0.2) is 0 Å². The molecule has 4 heterocycles. The molecule has 0 spiro atoms. The van der Waals surface area contributed by atoms with Gasteiger partial charge in [-0.25, -0.2) is 9.20 Å². The molecule has 0 aliphatic carbocycles. The SMILES string of the molecule is Cc1ccc(NC(=O)c2cccc(-n3cccn3)c2)cc1-n1ccn2nc(-c3cccnc3)cc12. The van der Waals surface area contributed by atoms with Crippen LogP contribution in [0.2, 0.25) is 0 Å². The monoisotopic (exact) mass is 459 g/mol. The molecule has 2 aromatic carbocycles. The lowest BCUT2D eigenvalue weighted by molar-refractivity contribution is 0.102. The topological polar surface area (TPSA) is 82.0 Å². The summed E-state index contributed by atoms with van der Waals surface area (Å²) in [4.78, 5) is 17.2. The van der Waals surface area contributed by atoms with Gasteiger partial charge in [0.05, 0.1) is 17.1 Å². The van der Waals surface area contributed by atoms with Gasteiger partial charge in [0.1, 0.15) is 5.65 Å². The van der Waals surface area contributed by atoms with Crippen LogP contribution in [-0.4, -0.2) is 34.9 Å². The van der Waals surface area contributed by atoms with Crippen LogP contribution in [0.15, 0.2) is 104 Å². The molecule has 0 saturated heterocycles. The number of fused-ring (bicyclic) bond motifs is 1. The highest BCUT2D eigenvalue weighted by atomic mass is 16.1. The van der Waals surface area contributed by atoms with Crippen LogP contribution >= 0.6 is 0 Å². The summed E-state index contributed by atoms with van der Waals surface area (Å²) >= 11 is 0. The Bertz CT molecular complexity index is 1650. The number of amides is 1. The van der Waals surface area contributed by atoms with E-state index in [9.17, 15) is 4.79 Å². The number of anilines is 1. The van der Waals surface area contributed by atoms with Gasteiger partial charge in [-0.3, -0.25) is 14.3 Å². The molecule has 0 bridgehead atoms. The second-order valence-electron chi connectivity index (χ2n) is 8.20. The standard InChI is InChI=1S/C27H21N7O/c1-19-8-9-22(30-27(35)20-5-2-7-23(15-20)33-12-4-11-29-33)16-25(19)32-13-14-34-26(32)17-24(31-34)21-6-3-10-28-18-21/h2-18H,1H3,(H,30,35). The molecule has 0 unspecified atom stereocenters. The Morgan fingerprint density at radius 1 is 0.914 bits per heavy atom. The Morgan fingerprint density at radius 2 is 1.86 bits per heavy atom. The zero-order valence-corrected chi connectivity index (χ0v) is 18.9. The number of imidazole rings is 1. The van der Waals surface area contributed by atoms with Crippen molar-refractivity contribution in [2.24, 2.45) is 0 Å². The van der Waals surface area contributed by atoms with E-state index in [2.05, 4.69) is 25.1 Å². The second kappa shape index (κ2) is 8.42. The van der Waals surface area contributed by atoms with E-state index in [0.717, 1.165) is 33.8 Å². The van der Waals surface area contributed by atoms with Gasteiger partial charge in [-0.1, -0.05) is 12.1 Å². The third-order valence-corrected chi connectivity index (χ3v) is 5.88. The van der Waals surface area contributed by atoms with Crippen molar-refractivity contribution >= 4 is 17.2 Å². The summed E-state index contributed by atoms with van der Waals surface area (Å²) in [6, 6.07) is 21.0. The molecule has 8 heteroatoms. The highest BCUT2D eigenvalue weighted by Crippen LogP contribution is 2.25. The van der Waals surface area contributed by atoms with E-state index < -0.39 is 0 Å². The number of nitrogens with zero attached hydrogens (tertiary/aromatic N) is 6. The zero-order valence-electron chi connectivity index (χ0n) is 18.9. The first kappa shape index (κ1) is 20.6. The van der Waals surface area contributed by atoms with E-state index >= 15 is 0 Å². The van der Waals surface area contributed by atoms with Crippen LogP contribution in [0, 0.1) is 6.92 Å². The third kappa shape index (κ3) is 3.87. The number of hydrogen-bond acceptors (Lipinski definition) is 4. The lowest BCUT2D eigenvalue weighted by Gasteiger charge is -2.12. The summed E-state index contributed by atoms with van der Waals surface area (Å²) in [6.45, 7) is 2.05. The van der Waals surface area contributed by atoms with Crippen LogP contribution in [0.25, 0.3) is 28.3 Å². The van der Waals surface area contributed by atoms with Gasteiger partial charge >= 0.3 is 0 Å². The minimum absolute atomic E-state index is 0.185. The van der Waals surface area contributed by atoms with Crippen molar-refractivity contribution in [2.75, 3.05) is 5.32 Å². The summed E-state index contributed by atoms with van der Waals surface area (Å²) in [5.41, 5.74) is 6.85. The summed E-state index contributed by atoms with van der Waals surface area (Å²) in [5, 5.41) is 11.9. The summed E-state index contributed by atoms with van der Waals surface area (Å²) < 4.78 is 5.63. The average Bonchev–Trinajstić information content (AvgIpc) is 3.64. The molecule has 170 valence electrons. The fourth-order valence-corrected chi connectivity index (χ4v) is 4.10. The Kier molecular flexibility index (Phi) is 4.96. The number of rotatable bonds is 5. The Labute approximate surface area is 201 Å². The summed E-state index contributed by atoms with van der Waals surface area (Å²) in [7, 11) is 0. The van der Waals surface area contributed by atoms with Gasteiger partial charge in [-0.15, -0.1) is 0 Å². The van der Waals surface area contributed by atoms with Gasteiger partial charge in [-0.05, 0) is 61.0 Å². The highest BCUT2D eigenvalue weighted by Gasteiger charge is 2.13. The summed E-state index contributed by atoms with van der Waals surface area (Å²) in [5.74, 6) is -0.185. The van der Waals surface area contributed by atoms with Crippen molar-refractivity contribution in [2.45, 2.75) is 6.92 Å². The lowest BCUT2D eigenvalue weighted by atomic mass is 10.1. The van der Waals surface area contributed by atoms with Crippen molar-refractivity contribution in [1.29, 1.82) is 0 Å². The first-order valence-electron chi connectivity index (χ1n) is 11.2. The first-order valence-corrected chi connectivity index (χ1v) is 11.2. The molecular formula is C27H21N7O. The van der Waals surface area contributed by atoms with Gasteiger partial charge in [-0.2, -0.15) is 10.2 Å². The number of aromatic nitrogens is 6. The van der Waals surface area contributed by atoms with Crippen LogP contribution in [0.4, 0.5) is 5.69 Å².